The number of rotatable bonds is 9. The minimum atomic E-state index is -3.31. The van der Waals surface area contributed by atoms with Gasteiger partial charge in [0.05, 0.1) is 17.1 Å². The quantitative estimate of drug-likeness (QED) is 0.358. The number of anilines is 2. The number of aryl methyl sites for hydroxylation is 4. The summed E-state index contributed by atoms with van der Waals surface area (Å²) >= 11 is 0. The third-order valence-electron chi connectivity index (χ3n) is 7.89. The van der Waals surface area contributed by atoms with Crippen molar-refractivity contribution in [2.45, 2.75) is 58.4 Å². The lowest BCUT2D eigenvalue weighted by molar-refractivity contribution is 0.102. The van der Waals surface area contributed by atoms with Gasteiger partial charge in [0, 0.05) is 50.2 Å². The molecule has 1 aliphatic heterocycles. The van der Waals surface area contributed by atoms with E-state index in [2.05, 4.69) is 34.6 Å². The predicted octanol–water partition coefficient (Wildman–Crippen LogP) is 2.52. The van der Waals surface area contributed by atoms with E-state index in [4.69, 9.17) is 10.7 Å². The first kappa shape index (κ1) is 28.2. The number of para-hydroxylation sites is 1. The second kappa shape index (κ2) is 11.6. The van der Waals surface area contributed by atoms with E-state index in [0.717, 1.165) is 58.6 Å². The van der Waals surface area contributed by atoms with Crippen LogP contribution in [-0.2, 0) is 42.8 Å². The molecular formula is C28H38N8O3S. The molecule has 2 aliphatic rings. The zero-order valence-electron chi connectivity index (χ0n) is 23.4. The van der Waals surface area contributed by atoms with Gasteiger partial charge in [-0.1, -0.05) is 32.0 Å². The van der Waals surface area contributed by atoms with Crippen molar-refractivity contribution in [1.29, 1.82) is 0 Å². The summed E-state index contributed by atoms with van der Waals surface area (Å²) in [5, 5.41) is 11.2. The number of amides is 1. The van der Waals surface area contributed by atoms with E-state index in [0.29, 0.717) is 44.0 Å². The molecule has 0 saturated carbocycles. The molecular weight excluding hydrogens is 528 g/mol. The molecule has 3 aromatic rings. The molecule has 0 bridgehead atoms. The number of aromatic nitrogens is 4. The first-order valence-corrected chi connectivity index (χ1v) is 15.6. The second-order valence-electron chi connectivity index (χ2n) is 10.4. The van der Waals surface area contributed by atoms with Crippen molar-refractivity contribution < 1.29 is 13.2 Å². The zero-order valence-corrected chi connectivity index (χ0v) is 24.2. The lowest BCUT2D eigenvalue weighted by Crippen LogP contribution is -2.44. The molecule has 12 heteroatoms. The fourth-order valence-corrected chi connectivity index (χ4v) is 7.05. The van der Waals surface area contributed by atoms with Gasteiger partial charge >= 0.3 is 0 Å². The molecule has 0 unspecified atom stereocenters. The standard InChI is InChI=1S/C28H38N8O3S/c1-4-18-7-6-8-19(5-2)23(18)32-27(37)25-22-10-9-20-17-30-28(33-24(20)26(22)35(3)34-25)31-21-11-14-36(15-12-21)40(38,39)16-13-29/h6-8,17,21H,4-5,9-16,29H2,1-3H3,(H,32,37)(H,30,31,33). The lowest BCUT2D eigenvalue weighted by atomic mass is 9.93. The molecule has 1 fully saturated rings. The normalized spacial score (nSPS) is 15.9. The van der Waals surface area contributed by atoms with Crippen LogP contribution in [0.5, 0.6) is 0 Å². The van der Waals surface area contributed by atoms with Crippen LogP contribution >= 0.6 is 0 Å². The van der Waals surface area contributed by atoms with Crippen LogP contribution in [0.3, 0.4) is 0 Å². The van der Waals surface area contributed by atoms with Crippen molar-refractivity contribution in [2.24, 2.45) is 12.8 Å². The van der Waals surface area contributed by atoms with Gasteiger partial charge in [0.1, 0.15) is 0 Å². The van der Waals surface area contributed by atoms with Gasteiger partial charge in [-0.25, -0.2) is 22.7 Å². The van der Waals surface area contributed by atoms with E-state index >= 15 is 0 Å². The molecule has 0 radical (unpaired) electrons. The number of nitrogens with one attached hydrogen (secondary N) is 2. The molecule has 1 aliphatic carbocycles. The minimum absolute atomic E-state index is 0.0308. The highest BCUT2D eigenvalue weighted by Crippen LogP contribution is 2.35. The average molecular weight is 567 g/mol. The van der Waals surface area contributed by atoms with Crippen molar-refractivity contribution in [3.63, 3.8) is 0 Å². The number of piperidine rings is 1. The van der Waals surface area contributed by atoms with Crippen LogP contribution in [-0.4, -0.2) is 69.8 Å². The minimum Gasteiger partial charge on any atom is -0.351 e. The summed E-state index contributed by atoms with van der Waals surface area (Å²) in [6, 6.07) is 6.19. The Morgan fingerprint density at radius 2 is 1.82 bits per heavy atom. The number of fused-ring (bicyclic) bond motifs is 3. The van der Waals surface area contributed by atoms with Crippen molar-refractivity contribution in [2.75, 3.05) is 36.0 Å². The third kappa shape index (κ3) is 5.48. The highest BCUT2D eigenvalue weighted by Gasteiger charge is 2.31. The number of hydrogen-bond acceptors (Lipinski definition) is 8. The molecule has 1 saturated heterocycles. The lowest BCUT2D eigenvalue weighted by Gasteiger charge is -2.31. The van der Waals surface area contributed by atoms with Gasteiger partial charge in [-0.2, -0.15) is 5.10 Å². The Balaban J connectivity index is 1.36. The maximum atomic E-state index is 13.5. The summed E-state index contributed by atoms with van der Waals surface area (Å²) in [5.74, 6) is 0.253. The Kier molecular flexibility index (Phi) is 8.20. The molecule has 0 atom stereocenters. The first-order valence-electron chi connectivity index (χ1n) is 14.0. The van der Waals surface area contributed by atoms with Gasteiger partial charge in [0.2, 0.25) is 16.0 Å². The Hall–Kier alpha value is -3.35. The Labute approximate surface area is 235 Å². The summed E-state index contributed by atoms with van der Waals surface area (Å²) < 4.78 is 27.9. The molecule has 11 nitrogen and oxygen atoms in total. The third-order valence-corrected chi connectivity index (χ3v) is 9.79. The monoisotopic (exact) mass is 566 g/mol. The fraction of sp³-hybridized carbons (Fsp3) is 0.500. The average Bonchev–Trinajstić information content (AvgIpc) is 3.30. The fourth-order valence-electron chi connectivity index (χ4n) is 5.72. The Morgan fingerprint density at radius 1 is 1.12 bits per heavy atom. The summed E-state index contributed by atoms with van der Waals surface area (Å²) in [7, 11) is -1.46. The maximum Gasteiger partial charge on any atom is 0.276 e. The molecule has 0 spiro atoms. The molecule has 1 aromatic carbocycles. The number of nitrogens with two attached hydrogens (primary N) is 1. The van der Waals surface area contributed by atoms with Crippen molar-refractivity contribution in [3.05, 3.63) is 52.3 Å². The van der Waals surface area contributed by atoms with Gasteiger partial charge in [0.25, 0.3) is 5.91 Å². The van der Waals surface area contributed by atoms with Crippen molar-refractivity contribution in [1.82, 2.24) is 24.1 Å². The zero-order chi connectivity index (χ0) is 28.4. The van der Waals surface area contributed by atoms with Gasteiger partial charge in [-0.15, -0.1) is 0 Å². The smallest absolute Gasteiger partial charge is 0.276 e. The topological polar surface area (TPSA) is 148 Å². The number of carbonyl (C=O) groups is 1. The molecule has 214 valence electrons. The van der Waals surface area contributed by atoms with Crippen LogP contribution in [0.25, 0.3) is 11.4 Å². The van der Waals surface area contributed by atoms with Crippen LogP contribution < -0.4 is 16.4 Å². The highest BCUT2D eigenvalue weighted by molar-refractivity contribution is 7.89. The Morgan fingerprint density at radius 3 is 2.48 bits per heavy atom. The number of hydrogen-bond donors (Lipinski definition) is 3. The van der Waals surface area contributed by atoms with Gasteiger partial charge in [-0.3, -0.25) is 9.48 Å². The van der Waals surface area contributed by atoms with Gasteiger partial charge < -0.3 is 16.4 Å². The molecule has 3 heterocycles. The summed E-state index contributed by atoms with van der Waals surface area (Å²) in [6.07, 6.45) is 6.21. The van der Waals surface area contributed by atoms with E-state index in [1.54, 1.807) is 4.68 Å². The summed E-state index contributed by atoms with van der Waals surface area (Å²) in [5.41, 5.74) is 12.5. The van der Waals surface area contributed by atoms with E-state index in [1.807, 2.05) is 31.4 Å². The molecule has 4 N–H and O–H groups in total. The second-order valence-corrected chi connectivity index (χ2v) is 12.5. The summed E-state index contributed by atoms with van der Waals surface area (Å²) in [4.78, 5) is 22.9. The number of sulfonamides is 1. The van der Waals surface area contributed by atoms with Crippen LogP contribution in [0, 0.1) is 0 Å². The van der Waals surface area contributed by atoms with E-state index < -0.39 is 10.0 Å². The van der Waals surface area contributed by atoms with Crippen LogP contribution in [0.15, 0.2) is 24.4 Å². The predicted molar refractivity (Wildman–Crippen MR) is 156 cm³/mol. The first-order chi connectivity index (χ1) is 19.2. The largest absolute Gasteiger partial charge is 0.351 e. The number of benzene rings is 1. The van der Waals surface area contributed by atoms with E-state index in [9.17, 15) is 13.2 Å². The van der Waals surface area contributed by atoms with E-state index in [1.165, 1.54) is 4.31 Å². The number of carbonyl (C=O) groups excluding carboxylic acids is 1. The van der Waals surface area contributed by atoms with Crippen molar-refractivity contribution in [3.8, 4) is 11.4 Å². The van der Waals surface area contributed by atoms with Crippen LogP contribution in [0.1, 0.15) is 59.4 Å². The Bertz CT molecular complexity index is 1490. The highest BCUT2D eigenvalue weighted by atomic mass is 32.2. The summed E-state index contributed by atoms with van der Waals surface area (Å²) in [6.45, 7) is 5.17. The SMILES string of the molecule is CCc1cccc(CC)c1NC(=O)c1nn(C)c2c1CCc1cnc(NC3CCN(S(=O)(=O)CCN)CC3)nc1-2. The molecule has 2 aromatic heterocycles. The van der Waals surface area contributed by atoms with E-state index in [-0.39, 0.29) is 24.2 Å². The van der Waals surface area contributed by atoms with Crippen LogP contribution in [0.4, 0.5) is 11.6 Å². The molecule has 40 heavy (non-hydrogen) atoms. The molecule has 1 amide bonds. The molecule has 5 rings (SSSR count). The van der Waals surface area contributed by atoms with Crippen molar-refractivity contribution >= 4 is 27.6 Å². The maximum absolute atomic E-state index is 13.5. The van der Waals surface area contributed by atoms with Gasteiger partial charge in [0.15, 0.2) is 5.69 Å². The van der Waals surface area contributed by atoms with Crippen LogP contribution in [0.2, 0.25) is 0 Å². The number of nitrogens with zero attached hydrogens (tertiary/aromatic N) is 5. The van der Waals surface area contributed by atoms with Gasteiger partial charge in [-0.05, 0) is 55.2 Å².